The molecule has 4 aromatic rings. The molecular formula is C34H39N5O6. The molecule has 4 atom stereocenters. The SMILES string of the molecule is CC(C)C(NC(=O)C(Cc1ccccc1)NC(=O)C(Cc1ccc(O)cc1)NC(=O)C(N)Cc1c[nH]c2ccccc12)C(=O)O. The number of aromatic hydroxyl groups is 1. The summed E-state index contributed by atoms with van der Waals surface area (Å²) < 4.78 is 0. The number of hydrogen-bond acceptors (Lipinski definition) is 6. The second-order valence-corrected chi connectivity index (χ2v) is 11.4. The largest absolute Gasteiger partial charge is 0.508 e. The van der Waals surface area contributed by atoms with Crippen LogP contribution in [0.1, 0.15) is 30.5 Å². The number of phenolic OH excluding ortho intramolecular Hbond substituents is 1. The van der Waals surface area contributed by atoms with Gasteiger partial charge in [0.25, 0.3) is 0 Å². The zero-order chi connectivity index (χ0) is 32.5. The maximum Gasteiger partial charge on any atom is 0.326 e. The third-order valence-electron chi connectivity index (χ3n) is 7.61. The van der Waals surface area contributed by atoms with Gasteiger partial charge < -0.3 is 36.9 Å². The molecule has 11 heteroatoms. The van der Waals surface area contributed by atoms with Gasteiger partial charge in [0.15, 0.2) is 0 Å². The van der Waals surface area contributed by atoms with Crippen LogP contribution in [-0.2, 0) is 38.4 Å². The summed E-state index contributed by atoms with van der Waals surface area (Å²) in [6.07, 6.45) is 2.14. The third-order valence-corrected chi connectivity index (χ3v) is 7.61. The van der Waals surface area contributed by atoms with Crippen LogP contribution >= 0.6 is 0 Å². The number of aromatic amines is 1. The first kappa shape index (κ1) is 32.7. The van der Waals surface area contributed by atoms with Gasteiger partial charge in [-0.1, -0.05) is 74.5 Å². The number of aliphatic carboxylic acids is 1. The molecule has 0 saturated carbocycles. The van der Waals surface area contributed by atoms with Crippen LogP contribution in [0.2, 0.25) is 0 Å². The van der Waals surface area contributed by atoms with Crippen molar-refractivity contribution in [2.75, 3.05) is 0 Å². The molecule has 4 rings (SSSR count). The third kappa shape index (κ3) is 8.93. The number of amides is 3. The zero-order valence-electron chi connectivity index (χ0n) is 25.2. The maximum atomic E-state index is 13.8. The highest BCUT2D eigenvalue weighted by atomic mass is 16.4. The number of H-pyrrole nitrogens is 1. The summed E-state index contributed by atoms with van der Waals surface area (Å²) >= 11 is 0. The quantitative estimate of drug-likeness (QED) is 0.114. The minimum absolute atomic E-state index is 0.0427. The molecule has 0 radical (unpaired) electrons. The van der Waals surface area contributed by atoms with Crippen LogP contribution in [0.3, 0.4) is 0 Å². The molecule has 11 nitrogen and oxygen atoms in total. The van der Waals surface area contributed by atoms with E-state index in [2.05, 4.69) is 20.9 Å². The lowest BCUT2D eigenvalue weighted by atomic mass is 10.00. The van der Waals surface area contributed by atoms with E-state index in [-0.39, 0.29) is 25.0 Å². The number of carbonyl (C=O) groups excluding carboxylic acids is 3. The van der Waals surface area contributed by atoms with Gasteiger partial charge in [0.05, 0.1) is 6.04 Å². The van der Waals surface area contributed by atoms with Gasteiger partial charge in [-0.05, 0) is 47.2 Å². The van der Waals surface area contributed by atoms with Crippen LogP contribution in [0, 0.1) is 5.92 Å². The zero-order valence-corrected chi connectivity index (χ0v) is 25.2. The minimum Gasteiger partial charge on any atom is -0.508 e. The number of rotatable bonds is 14. The molecule has 4 unspecified atom stereocenters. The van der Waals surface area contributed by atoms with Gasteiger partial charge in [-0.3, -0.25) is 14.4 Å². The van der Waals surface area contributed by atoms with Crippen LogP contribution in [0.5, 0.6) is 5.75 Å². The fraction of sp³-hybridized carbons (Fsp3) is 0.294. The summed E-state index contributed by atoms with van der Waals surface area (Å²) in [6, 6.07) is 18.4. The monoisotopic (exact) mass is 613 g/mol. The highest BCUT2D eigenvalue weighted by Gasteiger charge is 2.32. The van der Waals surface area contributed by atoms with Crippen molar-refractivity contribution in [2.24, 2.45) is 11.7 Å². The van der Waals surface area contributed by atoms with E-state index in [9.17, 15) is 29.4 Å². The Hall–Kier alpha value is -5.16. The molecule has 0 bridgehead atoms. The van der Waals surface area contributed by atoms with Gasteiger partial charge in [0.2, 0.25) is 17.7 Å². The average Bonchev–Trinajstić information content (AvgIpc) is 3.42. The Labute approximate surface area is 261 Å². The topological polar surface area (TPSA) is 187 Å². The van der Waals surface area contributed by atoms with E-state index in [0.717, 1.165) is 22.0 Å². The van der Waals surface area contributed by atoms with Crippen molar-refractivity contribution in [2.45, 2.75) is 57.3 Å². The molecule has 3 aromatic carbocycles. The number of carboxylic acid groups (broad SMARTS) is 1. The second-order valence-electron chi connectivity index (χ2n) is 11.4. The lowest BCUT2D eigenvalue weighted by Crippen LogP contribution is -2.58. The van der Waals surface area contributed by atoms with Crippen molar-refractivity contribution in [1.29, 1.82) is 0 Å². The molecule has 0 spiro atoms. The molecule has 0 saturated heterocycles. The number of carbonyl (C=O) groups is 4. The smallest absolute Gasteiger partial charge is 0.326 e. The fourth-order valence-electron chi connectivity index (χ4n) is 5.08. The number of fused-ring (bicyclic) bond motifs is 1. The van der Waals surface area contributed by atoms with Gasteiger partial charge >= 0.3 is 5.97 Å². The predicted octanol–water partition coefficient (Wildman–Crippen LogP) is 2.42. The molecule has 236 valence electrons. The Morgan fingerprint density at radius 3 is 1.91 bits per heavy atom. The van der Waals surface area contributed by atoms with Gasteiger partial charge in [-0.25, -0.2) is 4.79 Å². The fourth-order valence-corrected chi connectivity index (χ4v) is 5.08. The van der Waals surface area contributed by atoms with E-state index in [1.165, 1.54) is 12.1 Å². The van der Waals surface area contributed by atoms with Crippen LogP contribution < -0.4 is 21.7 Å². The molecule has 0 fully saturated rings. The van der Waals surface area contributed by atoms with Crippen molar-refractivity contribution in [3.05, 3.63) is 102 Å². The minimum atomic E-state index is -1.19. The molecular weight excluding hydrogens is 574 g/mol. The molecule has 45 heavy (non-hydrogen) atoms. The summed E-state index contributed by atoms with van der Waals surface area (Å²) in [4.78, 5) is 55.5. The van der Waals surface area contributed by atoms with E-state index < -0.39 is 53.8 Å². The summed E-state index contributed by atoms with van der Waals surface area (Å²) in [5, 5.41) is 28.3. The lowest BCUT2D eigenvalue weighted by Gasteiger charge is -2.26. The van der Waals surface area contributed by atoms with Crippen LogP contribution in [-0.4, -0.2) is 63.1 Å². The summed E-state index contributed by atoms with van der Waals surface area (Å²) in [5.74, 6) is -3.43. The van der Waals surface area contributed by atoms with Gasteiger partial charge in [-0.2, -0.15) is 0 Å². The van der Waals surface area contributed by atoms with Gasteiger partial charge in [0, 0.05) is 29.9 Å². The van der Waals surface area contributed by atoms with Crippen molar-refractivity contribution in [3.63, 3.8) is 0 Å². The highest BCUT2D eigenvalue weighted by Crippen LogP contribution is 2.19. The summed E-state index contributed by atoms with van der Waals surface area (Å²) in [5.41, 5.74) is 9.47. The predicted molar refractivity (Wildman–Crippen MR) is 170 cm³/mol. The molecule has 1 heterocycles. The van der Waals surface area contributed by atoms with Crippen LogP contribution in [0.25, 0.3) is 10.9 Å². The summed E-state index contributed by atoms with van der Waals surface area (Å²) in [7, 11) is 0. The number of para-hydroxylation sites is 1. The Morgan fingerprint density at radius 2 is 1.29 bits per heavy atom. The van der Waals surface area contributed by atoms with Crippen molar-refractivity contribution >= 4 is 34.6 Å². The van der Waals surface area contributed by atoms with Crippen molar-refractivity contribution in [1.82, 2.24) is 20.9 Å². The van der Waals surface area contributed by atoms with Gasteiger partial charge in [0.1, 0.15) is 23.9 Å². The Morgan fingerprint density at radius 1 is 0.733 bits per heavy atom. The van der Waals surface area contributed by atoms with Crippen molar-refractivity contribution in [3.8, 4) is 5.75 Å². The molecule has 1 aromatic heterocycles. The van der Waals surface area contributed by atoms with E-state index in [1.807, 2.05) is 30.3 Å². The second kappa shape index (κ2) is 15.0. The number of benzene rings is 3. The highest BCUT2D eigenvalue weighted by molar-refractivity contribution is 5.94. The first-order valence-electron chi connectivity index (χ1n) is 14.8. The molecule has 0 aliphatic carbocycles. The number of aromatic nitrogens is 1. The lowest BCUT2D eigenvalue weighted by molar-refractivity contribution is -0.143. The first-order chi connectivity index (χ1) is 21.5. The summed E-state index contributed by atoms with van der Waals surface area (Å²) in [6.45, 7) is 3.35. The average molecular weight is 614 g/mol. The van der Waals surface area contributed by atoms with E-state index in [4.69, 9.17) is 5.73 Å². The number of carboxylic acids is 1. The molecule has 0 aliphatic rings. The van der Waals surface area contributed by atoms with E-state index >= 15 is 0 Å². The van der Waals surface area contributed by atoms with E-state index in [0.29, 0.717) is 5.56 Å². The molecule has 3 amide bonds. The number of nitrogens with one attached hydrogen (secondary N) is 4. The van der Waals surface area contributed by atoms with Crippen molar-refractivity contribution < 1.29 is 29.4 Å². The molecule has 8 N–H and O–H groups in total. The van der Waals surface area contributed by atoms with Gasteiger partial charge in [-0.15, -0.1) is 0 Å². The maximum absolute atomic E-state index is 13.8. The normalized spacial score (nSPS) is 13.9. The first-order valence-corrected chi connectivity index (χ1v) is 14.8. The number of hydrogen-bond donors (Lipinski definition) is 7. The van der Waals surface area contributed by atoms with Crippen LogP contribution in [0.15, 0.2) is 85.1 Å². The Balaban J connectivity index is 1.55. The molecule has 0 aliphatic heterocycles. The van der Waals surface area contributed by atoms with E-state index in [1.54, 1.807) is 56.4 Å². The number of phenols is 1. The standard InChI is InChI=1S/C34H39N5O6/c1-20(2)30(34(44)45)39-33(43)29(16-21-8-4-3-5-9-21)38-32(42)28(17-22-12-14-24(40)15-13-22)37-31(41)26(35)18-23-19-36-27-11-7-6-10-25(23)27/h3-15,19-20,26,28-30,36,40H,16-18,35H2,1-2H3,(H,37,41)(H,38,42)(H,39,43)(H,44,45). The van der Waals surface area contributed by atoms with Crippen LogP contribution in [0.4, 0.5) is 0 Å². The Bertz CT molecular complexity index is 1620. The number of nitrogens with two attached hydrogens (primary N) is 1. The Kier molecular flexibility index (Phi) is 10.9.